The highest BCUT2D eigenvalue weighted by atomic mass is 32.3. The lowest BCUT2D eigenvalue weighted by atomic mass is 10.2. The monoisotopic (exact) mass is 324 g/mol. The van der Waals surface area contributed by atoms with Crippen molar-refractivity contribution in [3.05, 3.63) is 11.9 Å². The highest BCUT2D eigenvalue weighted by molar-refractivity contribution is 8.06. The van der Waals surface area contributed by atoms with E-state index in [1.165, 1.54) is 10.9 Å². The first kappa shape index (κ1) is 14.9. The number of hydrogen-bond donors (Lipinski definition) is 1. The lowest BCUT2D eigenvalue weighted by Crippen LogP contribution is -2.52. The number of sulfonamides is 1. The predicted molar refractivity (Wildman–Crippen MR) is 66.2 cm³/mol. The Hall–Kier alpha value is -1.53. The molecule has 0 radical (unpaired) electrons. The van der Waals surface area contributed by atoms with Crippen LogP contribution in [0.2, 0.25) is 0 Å². The molecule has 2 heterocycles. The van der Waals surface area contributed by atoms with Crippen molar-refractivity contribution < 1.29 is 26.7 Å². The van der Waals surface area contributed by atoms with Gasteiger partial charge < -0.3 is 5.11 Å². The van der Waals surface area contributed by atoms with Crippen LogP contribution in [-0.4, -0.2) is 71.6 Å². The van der Waals surface area contributed by atoms with Crippen molar-refractivity contribution >= 4 is 25.8 Å². The summed E-state index contributed by atoms with van der Waals surface area (Å²) >= 11 is 0. The number of nitrogens with zero attached hydrogens (tertiary/aromatic N) is 4. The second-order valence-corrected chi connectivity index (χ2v) is 8.99. The number of carboxylic acid groups (broad SMARTS) is 1. The van der Waals surface area contributed by atoms with Gasteiger partial charge in [-0.3, -0.25) is 0 Å². The van der Waals surface area contributed by atoms with E-state index >= 15 is 0 Å². The van der Waals surface area contributed by atoms with Crippen molar-refractivity contribution in [2.75, 3.05) is 24.4 Å². The fourth-order valence-electron chi connectivity index (χ4n) is 1.71. The normalized spacial score (nSPS) is 17.9. The van der Waals surface area contributed by atoms with E-state index in [-0.39, 0.29) is 24.8 Å². The van der Waals surface area contributed by atoms with Crippen molar-refractivity contribution in [3.63, 3.8) is 0 Å². The van der Waals surface area contributed by atoms with E-state index in [1.807, 2.05) is 0 Å². The van der Waals surface area contributed by atoms with Gasteiger partial charge in [-0.2, -0.15) is 4.31 Å². The molecule has 0 aromatic carbocycles. The van der Waals surface area contributed by atoms with E-state index in [0.717, 1.165) is 10.6 Å². The lowest BCUT2D eigenvalue weighted by molar-refractivity contribution is 0.0690. The zero-order chi connectivity index (χ0) is 15.1. The quantitative estimate of drug-likeness (QED) is 0.666. The van der Waals surface area contributed by atoms with Crippen molar-refractivity contribution in [3.8, 4) is 0 Å². The Bertz CT molecular complexity index is 731. The summed E-state index contributed by atoms with van der Waals surface area (Å²) in [6.45, 7) is 0.0839. The molecule has 1 N–H and O–H groups in total. The van der Waals surface area contributed by atoms with Gasteiger partial charge in [0.2, 0.25) is 10.0 Å². The van der Waals surface area contributed by atoms with Crippen LogP contribution in [0.4, 0.5) is 0 Å². The summed E-state index contributed by atoms with van der Waals surface area (Å²) in [4.78, 5) is 10.6. The molecule has 0 saturated carbocycles. The molecule has 1 saturated heterocycles. The van der Waals surface area contributed by atoms with Crippen LogP contribution in [0.1, 0.15) is 16.5 Å². The number of aromatic carboxylic acids is 1. The molecule has 1 aliphatic heterocycles. The van der Waals surface area contributed by atoms with Gasteiger partial charge in [-0.25, -0.2) is 26.3 Å². The van der Waals surface area contributed by atoms with E-state index in [0.29, 0.717) is 0 Å². The first-order valence-corrected chi connectivity index (χ1v) is 9.06. The molecule has 2 rings (SSSR count). The number of sulfone groups is 1. The third kappa shape index (κ3) is 3.13. The van der Waals surface area contributed by atoms with Gasteiger partial charge >= 0.3 is 5.97 Å². The minimum atomic E-state index is -3.86. The van der Waals surface area contributed by atoms with E-state index < -0.39 is 30.9 Å². The van der Waals surface area contributed by atoms with Gasteiger partial charge in [0.15, 0.2) is 20.6 Å². The van der Waals surface area contributed by atoms with Gasteiger partial charge in [-0.15, -0.1) is 5.10 Å². The number of hydrogen-bond acceptors (Lipinski definition) is 7. The molecule has 1 aromatic rings. The van der Waals surface area contributed by atoms with Crippen LogP contribution < -0.4 is 0 Å². The molecule has 0 bridgehead atoms. The summed E-state index contributed by atoms with van der Waals surface area (Å²) in [5.41, 5.74) is -0.234. The molecule has 112 valence electrons. The molecule has 0 unspecified atom stereocenters. The predicted octanol–water partition coefficient (Wildman–Crippen LogP) is -1.84. The highest BCUT2D eigenvalue weighted by Crippen LogP contribution is 2.24. The smallest absolute Gasteiger partial charge is 0.358 e. The number of carboxylic acids is 1. The van der Waals surface area contributed by atoms with Crippen molar-refractivity contribution in [2.45, 2.75) is 6.04 Å². The molecule has 0 amide bonds. The Morgan fingerprint density at radius 2 is 2.00 bits per heavy atom. The van der Waals surface area contributed by atoms with E-state index in [2.05, 4.69) is 10.3 Å². The number of rotatable bonds is 5. The molecule has 1 aliphatic rings. The number of aromatic nitrogens is 3. The molecule has 20 heavy (non-hydrogen) atoms. The highest BCUT2D eigenvalue weighted by Gasteiger charge is 2.39. The van der Waals surface area contributed by atoms with Gasteiger partial charge in [0, 0.05) is 19.3 Å². The minimum absolute atomic E-state index is 0.0419. The van der Waals surface area contributed by atoms with Gasteiger partial charge in [0.25, 0.3) is 0 Å². The average Bonchev–Trinajstić information content (AvgIpc) is 2.59. The van der Waals surface area contributed by atoms with Crippen LogP contribution in [0, 0.1) is 0 Å². The summed E-state index contributed by atoms with van der Waals surface area (Å²) in [6, 6.07) is -0.343. The standard InChI is InChI=1S/C8H12N4O6S2/c1-19(15,16)5-20(17,18)11-2-6(3-11)12-4-7(8(13)14)9-10-12/h4,6H,2-3,5H2,1H3,(H,13,14). The van der Waals surface area contributed by atoms with Gasteiger partial charge in [-0.1, -0.05) is 5.21 Å². The van der Waals surface area contributed by atoms with Crippen LogP contribution in [-0.2, 0) is 19.9 Å². The van der Waals surface area contributed by atoms with Crippen LogP contribution in [0.5, 0.6) is 0 Å². The molecular weight excluding hydrogens is 312 g/mol. The first-order valence-electron chi connectivity index (χ1n) is 5.39. The minimum Gasteiger partial charge on any atom is -0.476 e. The Morgan fingerprint density at radius 1 is 1.40 bits per heavy atom. The topological polar surface area (TPSA) is 140 Å². The average molecular weight is 324 g/mol. The second kappa shape index (κ2) is 4.79. The van der Waals surface area contributed by atoms with Gasteiger partial charge in [0.05, 0.1) is 12.2 Å². The third-order valence-electron chi connectivity index (χ3n) is 2.69. The fraction of sp³-hybridized carbons (Fsp3) is 0.625. The Labute approximate surface area is 115 Å². The second-order valence-electron chi connectivity index (χ2n) is 4.52. The summed E-state index contributed by atoms with van der Waals surface area (Å²) in [7, 11) is -7.50. The molecule has 0 aliphatic carbocycles. The molecule has 0 atom stereocenters. The van der Waals surface area contributed by atoms with E-state index in [9.17, 15) is 21.6 Å². The maximum absolute atomic E-state index is 11.7. The van der Waals surface area contributed by atoms with Gasteiger partial charge in [0.1, 0.15) is 0 Å². The molecule has 1 fully saturated rings. The Balaban J connectivity index is 2.02. The van der Waals surface area contributed by atoms with E-state index in [4.69, 9.17) is 5.11 Å². The Morgan fingerprint density at radius 3 is 2.45 bits per heavy atom. The summed E-state index contributed by atoms with van der Waals surface area (Å²) < 4.78 is 47.8. The van der Waals surface area contributed by atoms with Crippen LogP contribution >= 0.6 is 0 Å². The molecule has 12 heteroatoms. The largest absolute Gasteiger partial charge is 0.476 e. The zero-order valence-corrected chi connectivity index (χ0v) is 12.0. The summed E-state index contributed by atoms with van der Waals surface area (Å²) in [5, 5.41) is 14.8. The van der Waals surface area contributed by atoms with Gasteiger partial charge in [-0.05, 0) is 0 Å². The molecule has 0 spiro atoms. The lowest BCUT2D eigenvalue weighted by Gasteiger charge is -2.37. The molecule has 10 nitrogen and oxygen atoms in total. The SMILES string of the molecule is CS(=O)(=O)CS(=O)(=O)N1CC(n2cc(C(=O)O)nn2)C1. The molecular formula is C8H12N4O6S2. The van der Waals surface area contributed by atoms with Crippen molar-refractivity contribution in [1.82, 2.24) is 19.3 Å². The van der Waals surface area contributed by atoms with Crippen LogP contribution in [0.15, 0.2) is 6.20 Å². The van der Waals surface area contributed by atoms with Crippen molar-refractivity contribution in [2.24, 2.45) is 0 Å². The number of carbonyl (C=O) groups is 1. The maximum Gasteiger partial charge on any atom is 0.358 e. The van der Waals surface area contributed by atoms with Crippen LogP contribution in [0.25, 0.3) is 0 Å². The Kier molecular flexibility index (Phi) is 3.56. The van der Waals surface area contributed by atoms with Crippen molar-refractivity contribution in [1.29, 1.82) is 0 Å². The zero-order valence-electron chi connectivity index (χ0n) is 10.4. The fourth-order valence-corrected chi connectivity index (χ4v) is 5.27. The maximum atomic E-state index is 11.7. The van der Waals surface area contributed by atoms with E-state index in [1.54, 1.807) is 0 Å². The van der Waals surface area contributed by atoms with Crippen LogP contribution in [0.3, 0.4) is 0 Å². The molecule has 1 aromatic heterocycles. The summed E-state index contributed by atoms with van der Waals surface area (Å²) in [6.07, 6.45) is 2.05. The summed E-state index contributed by atoms with van der Waals surface area (Å²) in [5.74, 6) is -1.22. The third-order valence-corrected chi connectivity index (χ3v) is 6.68. The first-order chi connectivity index (χ1) is 9.08.